The Morgan fingerprint density at radius 1 is 0.875 bits per heavy atom. The number of ether oxygens (including phenoxy) is 1. The van der Waals surface area contributed by atoms with E-state index in [1.54, 1.807) is 24.3 Å². The van der Waals surface area contributed by atoms with Crippen LogP contribution in [-0.4, -0.2) is 28.9 Å². The molecule has 3 aromatic rings. The number of hydrogen-bond donors (Lipinski definition) is 3. The lowest BCUT2D eigenvalue weighted by Gasteiger charge is -2.14. The summed E-state index contributed by atoms with van der Waals surface area (Å²) in [7, 11) is 0. The van der Waals surface area contributed by atoms with Crippen molar-refractivity contribution in [2.24, 2.45) is 5.73 Å². The number of amides is 2. The number of nitrogens with two attached hydrogens (primary N) is 1. The van der Waals surface area contributed by atoms with Crippen molar-refractivity contribution >= 4 is 17.8 Å². The van der Waals surface area contributed by atoms with E-state index in [2.05, 4.69) is 5.32 Å². The van der Waals surface area contributed by atoms with Crippen LogP contribution < -0.4 is 15.8 Å². The monoisotopic (exact) mass is 432 g/mol. The largest absolute Gasteiger partial charge is 0.489 e. The van der Waals surface area contributed by atoms with Gasteiger partial charge in [0, 0.05) is 12.0 Å². The average molecular weight is 432 g/mol. The summed E-state index contributed by atoms with van der Waals surface area (Å²) in [5, 5.41) is 11.2. The molecule has 3 rings (SSSR count). The number of carbonyl (C=O) groups is 3. The predicted octanol–water partition coefficient (Wildman–Crippen LogP) is 3.38. The summed E-state index contributed by atoms with van der Waals surface area (Å²) in [6.45, 7) is 0.489. The lowest BCUT2D eigenvalue weighted by atomic mass is 10.0. The SMILES string of the molecule is NC(=O)[C@H](CCC(=O)O)NC(=O)c1ccc(-c2ccc(OCc3ccccc3)cc2)cc1. The van der Waals surface area contributed by atoms with Gasteiger partial charge in [0.2, 0.25) is 5.91 Å². The highest BCUT2D eigenvalue weighted by molar-refractivity contribution is 5.97. The van der Waals surface area contributed by atoms with Crippen LogP contribution in [0.2, 0.25) is 0 Å². The lowest BCUT2D eigenvalue weighted by molar-refractivity contribution is -0.137. The first-order valence-corrected chi connectivity index (χ1v) is 10.1. The first kappa shape index (κ1) is 22.6. The van der Waals surface area contributed by atoms with E-state index in [4.69, 9.17) is 15.6 Å². The van der Waals surface area contributed by atoms with Crippen molar-refractivity contribution < 1.29 is 24.2 Å². The van der Waals surface area contributed by atoms with E-state index in [1.807, 2.05) is 54.6 Å². The Kier molecular flexibility index (Phi) is 7.59. The van der Waals surface area contributed by atoms with Crippen LogP contribution in [-0.2, 0) is 16.2 Å². The fraction of sp³-hybridized carbons (Fsp3) is 0.160. The van der Waals surface area contributed by atoms with Crippen LogP contribution in [0.4, 0.5) is 0 Å². The number of carbonyl (C=O) groups excluding carboxylic acids is 2. The van der Waals surface area contributed by atoms with Crippen molar-refractivity contribution in [3.63, 3.8) is 0 Å². The van der Waals surface area contributed by atoms with Crippen molar-refractivity contribution in [2.75, 3.05) is 0 Å². The van der Waals surface area contributed by atoms with Crippen LogP contribution in [0, 0.1) is 0 Å². The summed E-state index contributed by atoms with van der Waals surface area (Å²) in [6, 6.07) is 23.4. The maximum Gasteiger partial charge on any atom is 0.303 e. The smallest absolute Gasteiger partial charge is 0.303 e. The summed E-state index contributed by atoms with van der Waals surface area (Å²) in [6.07, 6.45) is -0.328. The lowest BCUT2D eigenvalue weighted by Crippen LogP contribution is -2.44. The summed E-state index contributed by atoms with van der Waals surface area (Å²) in [5.74, 6) is -1.57. The zero-order valence-corrected chi connectivity index (χ0v) is 17.4. The maximum absolute atomic E-state index is 12.4. The third-order valence-electron chi connectivity index (χ3n) is 4.88. The Balaban J connectivity index is 1.60. The Morgan fingerprint density at radius 2 is 1.47 bits per heavy atom. The van der Waals surface area contributed by atoms with Gasteiger partial charge in [0.15, 0.2) is 0 Å². The Morgan fingerprint density at radius 3 is 2.03 bits per heavy atom. The molecule has 7 nitrogen and oxygen atoms in total. The zero-order valence-electron chi connectivity index (χ0n) is 17.4. The fourth-order valence-corrected chi connectivity index (χ4v) is 3.09. The molecule has 0 unspecified atom stereocenters. The van der Waals surface area contributed by atoms with E-state index < -0.39 is 23.8 Å². The third-order valence-corrected chi connectivity index (χ3v) is 4.88. The minimum absolute atomic E-state index is 0.0623. The fourth-order valence-electron chi connectivity index (χ4n) is 3.09. The molecular formula is C25H24N2O5. The van der Waals surface area contributed by atoms with E-state index in [9.17, 15) is 14.4 Å². The summed E-state index contributed by atoms with van der Waals surface area (Å²) in [4.78, 5) is 34.6. The van der Waals surface area contributed by atoms with Gasteiger partial charge >= 0.3 is 5.97 Å². The van der Waals surface area contributed by atoms with Gasteiger partial charge in [-0.25, -0.2) is 0 Å². The molecule has 2 amide bonds. The van der Waals surface area contributed by atoms with Crippen LogP contribution in [0.1, 0.15) is 28.8 Å². The van der Waals surface area contributed by atoms with Crippen LogP contribution >= 0.6 is 0 Å². The van der Waals surface area contributed by atoms with Gasteiger partial charge in [-0.1, -0.05) is 54.6 Å². The maximum atomic E-state index is 12.4. The molecule has 0 fully saturated rings. The second-order valence-corrected chi connectivity index (χ2v) is 7.24. The van der Waals surface area contributed by atoms with E-state index in [1.165, 1.54) is 0 Å². The number of carboxylic acid groups (broad SMARTS) is 1. The Hall–Kier alpha value is -4.13. The molecule has 0 aliphatic rings. The first-order valence-electron chi connectivity index (χ1n) is 10.1. The number of carboxylic acids is 1. The van der Waals surface area contributed by atoms with E-state index >= 15 is 0 Å². The Bertz CT molecular complexity index is 1060. The average Bonchev–Trinajstić information content (AvgIpc) is 2.81. The molecule has 0 saturated carbocycles. The molecule has 7 heteroatoms. The van der Waals surface area contributed by atoms with Crippen molar-refractivity contribution in [2.45, 2.75) is 25.5 Å². The molecule has 164 valence electrons. The number of nitrogens with one attached hydrogen (secondary N) is 1. The molecule has 0 aliphatic heterocycles. The Labute approximate surface area is 185 Å². The highest BCUT2D eigenvalue weighted by atomic mass is 16.5. The third kappa shape index (κ3) is 6.43. The van der Waals surface area contributed by atoms with Gasteiger partial charge in [0.1, 0.15) is 18.4 Å². The van der Waals surface area contributed by atoms with Crippen molar-refractivity contribution in [1.29, 1.82) is 0 Å². The first-order chi connectivity index (χ1) is 15.4. The molecule has 0 aliphatic carbocycles. The van der Waals surface area contributed by atoms with Gasteiger partial charge in [0.05, 0.1) is 0 Å². The van der Waals surface area contributed by atoms with Crippen molar-refractivity contribution in [1.82, 2.24) is 5.32 Å². The number of hydrogen-bond acceptors (Lipinski definition) is 4. The molecule has 0 radical (unpaired) electrons. The predicted molar refractivity (Wildman–Crippen MR) is 120 cm³/mol. The summed E-state index contributed by atoms with van der Waals surface area (Å²) >= 11 is 0. The topological polar surface area (TPSA) is 119 Å². The number of primary amides is 1. The molecule has 32 heavy (non-hydrogen) atoms. The van der Waals surface area contributed by atoms with Gasteiger partial charge in [0.25, 0.3) is 5.91 Å². The molecule has 0 saturated heterocycles. The number of aliphatic carboxylic acids is 1. The second-order valence-electron chi connectivity index (χ2n) is 7.24. The molecule has 0 aromatic heterocycles. The highest BCUT2D eigenvalue weighted by Gasteiger charge is 2.20. The number of benzene rings is 3. The molecule has 4 N–H and O–H groups in total. The van der Waals surface area contributed by atoms with Gasteiger partial charge in [-0.15, -0.1) is 0 Å². The molecule has 0 bridgehead atoms. The van der Waals surface area contributed by atoms with Crippen LogP contribution in [0.25, 0.3) is 11.1 Å². The minimum Gasteiger partial charge on any atom is -0.489 e. The molecular weight excluding hydrogens is 408 g/mol. The van der Waals surface area contributed by atoms with Gasteiger partial charge in [-0.2, -0.15) is 0 Å². The van der Waals surface area contributed by atoms with Gasteiger partial charge in [-0.05, 0) is 47.4 Å². The molecule has 0 heterocycles. The van der Waals surface area contributed by atoms with Crippen LogP contribution in [0.5, 0.6) is 5.75 Å². The van der Waals surface area contributed by atoms with Crippen molar-refractivity contribution in [3.05, 3.63) is 90.0 Å². The van der Waals surface area contributed by atoms with Gasteiger partial charge < -0.3 is 20.9 Å². The van der Waals surface area contributed by atoms with E-state index in [-0.39, 0.29) is 12.8 Å². The van der Waals surface area contributed by atoms with E-state index in [0.29, 0.717) is 12.2 Å². The highest BCUT2D eigenvalue weighted by Crippen LogP contribution is 2.23. The van der Waals surface area contributed by atoms with Crippen molar-refractivity contribution in [3.8, 4) is 16.9 Å². The van der Waals surface area contributed by atoms with Gasteiger partial charge in [-0.3, -0.25) is 14.4 Å². The summed E-state index contributed by atoms with van der Waals surface area (Å²) < 4.78 is 5.80. The zero-order chi connectivity index (χ0) is 22.9. The van der Waals surface area contributed by atoms with Crippen LogP contribution in [0.3, 0.4) is 0 Å². The quantitative estimate of drug-likeness (QED) is 0.454. The van der Waals surface area contributed by atoms with Crippen LogP contribution in [0.15, 0.2) is 78.9 Å². The molecule has 0 spiro atoms. The normalized spacial score (nSPS) is 11.4. The number of rotatable bonds is 10. The standard InChI is InChI=1S/C25H24N2O5/c26-24(30)22(14-15-23(28)29)27-25(31)20-8-6-18(7-9-20)19-10-12-21(13-11-19)32-16-17-4-2-1-3-5-17/h1-13,22H,14-16H2,(H2,26,30)(H,27,31)(H,28,29)/t22-/m0/s1. The molecule has 1 atom stereocenters. The summed E-state index contributed by atoms with van der Waals surface area (Å²) in [5.41, 5.74) is 8.56. The molecule has 3 aromatic carbocycles. The minimum atomic E-state index is -1.06. The van der Waals surface area contributed by atoms with E-state index in [0.717, 1.165) is 22.4 Å². The second kappa shape index (κ2) is 10.8.